The Morgan fingerprint density at radius 2 is 1.69 bits per heavy atom. The Balaban J connectivity index is 0.00000160. The van der Waals surface area contributed by atoms with E-state index in [9.17, 15) is 4.21 Å². The first kappa shape index (κ1) is 24.8. The van der Waals surface area contributed by atoms with Crippen molar-refractivity contribution in [2.75, 3.05) is 0 Å². The van der Waals surface area contributed by atoms with Crippen molar-refractivity contribution in [3.8, 4) is 34.3 Å². The van der Waals surface area contributed by atoms with Crippen LogP contribution in [0.15, 0.2) is 64.0 Å². The number of nitrogens with zero attached hydrogens (tertiary/aromatic N) is 4. The Labute approximate surface area is 210 Å². The first-order valence-corrected chi connectivity index (χ1v) is 12.7. The second-order valence-corrected chi connectivity index (χ2v) is 10.8. The number of rotatable bonds is 8. The number of hydrogen-bond acceptors (Lipinski definition) is 7. The lowest BCUT2D eigenvalue weighted by Gasteiger charge is -2.08. The van der Waals surface area contributed by atoms with Crippen LogP contribution in [0, 0.1) is 6.92 Å². The second-order valence-electron chi connectivity index (χ2n) is 8.82. The van der Waals surface area contributed by atoms with Crippen molar-refractivity contribution in [2.45, 2.75) is 56.3 Å². The summed E-state index contributed by atoms with van der Waals surface area (Å²) in [5.41, 5.74) is 4.93. The molecule has 0 radical (unpaired) electrons. The minimum Gasteiger partial charge on any atom is -0.415 e. The van der Waals surface area contributed by atoms with Crippen molar-refractivity contribution in [1.29, 1.82) is 0 Å². The normalized spacial score (nSPS) is 14.1. The van der Waals surface area contributed by atoms with Gasteiger partial charge < -0.3 is 15.2 Å². The van der Waals surface area contributed by atoms with Gasteiger partial charge in [-0.05, 0) is 49.6 Å². The number of aromatic nitrogens is 4. The summed E-state index contributed by atoms with van der Waals surface area (Å²) in [6.45, 7) is 6.63. The molecule has 9 heteroatoms. The summed E-state index contributed by atoms with van der Waals surface area (Å²) in [5.74, 6) is 0.780. The van der Waals surface area contributed by atoms with Gasteiger partial charge in [-0.15, -0.1) is 10.2 Å². The van der Waals surface area contributed by atoms with Gasteiger partial charge in [0.1, 0.15) is 5.69 Å². The van der Waals surface area contributed by atoms with E-state index in [0.29, 0.717) is 34.9 Å². The highest BCUT2D eigenvalue weighted by Gasteiger charge is 2.20. The third-order valence-electron chi connectivity index (χ3n) is 5.77. The number of hydrogen-bond donors (Lipinski definition) is 1. The molecule has 1 fully saturated rings. The third kappa shape index (κ3) is 5.70. The SMILES string of the molecule is Cc1ncc(-c2ccc(S(=O)C(C)C)cc2)nc1-c1nnc(-c2ccc(CNC3CC3)cc2)o1.O.[HH].[HH]. The molecule has 4 aromatic rings. The minimum absolute atomic E-state index is 0. The fraction of sp³-hybridized carbons (Fsp3) is 0.308. The molecule has 0 bridgehead atoms. The van der Waals surface area contributed by atoms with Gasteiger partial charge in [-0.3, -0.25) is 9.19 Å². The second kappa shape index (κ2) is 10.6. The first-order chi connectivity index (χ1) is 16.5. The largest absolute Gasteiger partial charge is 0.415 e. The Hall–Kier alpha value is -3.27. The summed E-state index contributed by atoms with van der Waals surface area (Å²) in [4.78, 5) is 10.0. The summed E-state index contributed by atoms with van der Waals surface area (Å²) in [5, 5.41) is 12.1. The maximum Gasteiger partial charge on any atom is 0.268 e. The number of benzene rings is 2. The highest BCUT2D eigenvalue weighted by atomic mass is 32.2. The van der Waals surface area contributed by atoms with Gasteiger partial charge in [0.05, 0.1) is 28.4 Å². The van der Waals surface area contributed by atoms with Crippen molar-refractivity contribution >= 4 is 10.8 Å². The monoisotopic (exact) mass is 495 g/mol. The molecule has 2 heterocycles. The molecule has 186 valence electrons. The Bertz CT molecular complexity index is 1330. The van der Waals surface area contributed by atoms with Crippen LogP contribution in [0.4, 0.5) is 0 Å². The van der Waals surface area contributed by atoms with Gasteiger partial charge in [0.2, 0.25) is 5.89 Å². The topological polar surface area (TPSA) is 125 Å². The van der Waals surface area contributed by atoms with Gasteiger partial charge in [0.25, 0.3) is 5.89 Å². The molecule has 0 spiro atoms. The van der Waals surface area contributed by atoms with Crippen LogP contribution in [0.5, 0.6) is 0 Å². The molecule has 3 N–H and O–H groups in total. The van der Waals surface area contributed by atoms with E-state index >= 15 is 0 Å². The maximum atomic E-state index is 12.3. The Morgan fingerprint density at radius 1 is 1.03 bits per heavy atom. The summed E-state index contributed by atoms with van der Waals surface area (Å²) < 4.78 is 18.3. The standard InChI is InChI=1S/C26H27N5O2S.H2O.2H2/c1-16(2)34(32)22-12-8-19(9-13-22)23-15-27-17(3)24(29-23)26-31-30-25(33-26)20-6-4-18(5-7-20)14-28-21-10-11-21;;;/h4-9,12-13,15-16,21,28H,10-11,14H2,1-3H3;1H2;2*1H. The average molecular weight is 496 g/mol. The van der Waals surface area contributed by atoms with Crippen molar-refractivity contribution in [2.24, 2.45) is 0 Å². The third-order valence-corrected chi connectivity index (χ3v) is 7.36. The van der Waals surface area contributed by atoms with Gasteiger partial charge in [0.15, 0.2) is 0 Å². The molecule has 2 aromatic heterocycles. The Kier molecular flexibility index (Phi) is 7.49. The zero-order valence-electron chi connectivity index (χ0n) is 20.0. The molecular formula is C26H33N5O3S. The molecule has 1 atom stereocenters. The summed E-state index contributed by atoms with van der Waals surface area (Å²) >= 11 is 0. The molecule has 0 aliphatic heterocycles. The fourth-order valence-electron chi connectivity index (χ4n) is 3.57. The van der Waals surface area contributed by atoms with Crippen LogP contribution >= 0.6 is 0 Å². The van der Waals surface area contributed by atoms with Crippen LogP contribution in [0.25, 0.3) is 34.3 Å². The maximum absolute atomic E-state index is 12.3. The van der Waals surface area contributed by atoms with E-state index in [-0.39, 0.29) is 13.6 Å². The predicted molar refractivity (Wildman–Crippen MR) is 140 cm³/mol. The van der Waals surface area contributed by atoms with Crippen molar-refractivity contribution in [1.82, 2.24) is 25.5 Å². The molecular weight excluding hydrogens is 462 g/mol. The van der Waals surface area contributed by atoms with Crippen LogP contribution in [0.1, 0.15) is 40.8 Å². The smallest absolute Gasteiger partial charge is 0.268 e. The van der Waals surface area contributed by atoms with E-state index in [1.54, 1.807) is 6.20 Å². The highest BCUT2D eigenvalue weighted by molar-refractivity contribution is 7.85. The molecule has 0 amide bonds. The molecule has 5 rings (SSSR count). The van der Waals surface area contributed by atoms with E-state index in [2.05, 4.69) is 32.6 Å². The van der Waals surface area contributed by atoms with Gasteiger partial charge in [-0.1, -0.05) is 38.1 Å². The molecule has 35 heavy (non-hydrogen) atoms. The lowest BCUT2D eigenvalue weighted by atomic mass is 10.1. The molecule has 2 aromatic carbocycles. The van der Waals surface area contributed by atoms with Gasteiger partial charge >= 0.3 is 0 Å². The minimum atomic E-state index is -1.03. The van der Waals surface area contributed by atoms with Gasteiger partial charge in [0, 0.05) is 36.7 Å². The van der Waals surface area contributed by atoms with E-state index in [1.807, 2.05) is 57.2 Å². The quantitative estimate of drug-likeness (QED) is 0.378. The van der Waals surface area contributed by atoms with Crippen LogP contribution in [0.3, 0.4) is 0 Å². The summed E-state index contributed by atoms with van der Waals surface area (Å²) in [6.07, 6.45) is 4.27. The van der Waals surface area contributed by atoms with Crippen molar-refractivity contribution in [3.63, 3.8) is 0 Å². The van der Waals surface area contributed by atoms with Gasteiger partial charge in [-0.25, -0.2) is 4.98 Å². The van der Waals surface area contributed by atoms with Crippen LogP contribution < -0.4 is 5.32 Å². The van der Waals surface area contributed by atoms with E-state index < -0.39 is 10.8 Å². The van der Waals surface area contributed by atoms with Crippen LogP contribution in [0.2, 0.25) is 0 Å². The van der Waals surface area contributed by atoms with Crippen LogP contribution in [-0.2, 0) is 17.3 Å². The van der Waals surface area contributed by atoms with E-state index in [0.717, 1.165) is 22.6 Å². The average Bonchev–Trinajstić information content (AvgIpc) is 3.57. The molecule has 1 saturated carbocycles. The molecule has 0 saturated heterocycles. The number of nitrogens with one attached hydrogen (secondary N) is 1. The highest BCUT2D eigenvalue weighted by Crippen LogP contribution is 2.27. The lowest BCUT2D eigenvalue weighted by Crippen LogP contribution is -2.14. The lowest BCUT2D eigenvalue weighted by molar-refractivity contribution is 0.581. The van der Waals surface area contributed by atoms with E-state index in [1.165, 1.54) is 18.4 Å². The Morgan fingerprint density at radius 3 is 2.34 bits per heavy atom. The predicted octanol–water partition coefficient (Wildman–Crippen LogP) is 4.60. The molecule has 1 aliphatic rings. The van der Waals surface area contributed by atoms with Crippen molar-refractivity contribution in [3.05, 3.63) is 66.0 Å². The van der Waals surface area contributed by atoms with E-state index in [4.69, 9.17) is 9.40 Å². The molecule has 1 aliphatic carbocycles. The zero-order valence-corrected chi connectivity index (χ0v) is 20.8. The molecule has 1 unspecified atom stereocenters. The number of aryl methyl sites for hydroxylation is 1. The van der Waals surface area contributed by atoms with Crippen LogP contribution in [-0.4, -0.2) is 41.1 Å². The zero-order chi connectivity index (χ0) is 23.7. The first-order valence-electron chi connectivity index (χ1n) is 11.5. The van der Waals surface area contributed by atoms with Gasteiger partial charge in [-0.2, -0.15) is 0 Å². The summed E-state index contributed by atoms with van der Waals surface area (Å²) in [6, 6.07) is 16.4. The fourth-order valence-corrected chi connectivity index (χ4v) is 4.52. The molecule has 8 nitrogen and oxygen atoms in total. The summed E-state index contributed by atoms with van der Waals surface area (Å²) in [7, 11) is -1.03. The van der Waals surface area contributed by atoms with Crippen molar-refractivity contribution < 1.29 is 17.0 Å².